The number of hydrogen-bond donors (Lipinski definition) is 1. The molecule has 0 aliphatic heterocycles. The van der Waals surface area contributed by atoms with Gasteiger partial charge in [0.1, 0.15) is 5.15 Å². The standard InChI is InChI=1S/C10H13ClN4O2/c1-2-14(10(12)7-15(16)17)6-8-3-4-9(11)13-5-8/h3-5,12H,2,6-7H2,1H3. The van der Waals surface area contributed by atoms with E-state index in [4.69, 9.17) is 17.0 Å². The van der Waals surface area contributed by atoms with Crippen LogP contribution in [0.1, 0.15) is 12.5 Å². The molecular formula is C10H13ClN4O2. The highest BCUT2D eigenvalue weighted by atomic mass is 35.5. The first kappa shape index (κ1) is 13.4. The molecule has 1 heterocycles. The lowest BCUT2D eigenvalue weighted by molar-refractivity contribution is -0.464. The van der Waals surface area contributed by atoms with Gasteiger partial charge >= 0.3 is 0 Å². The number of rotatable bonds is 5. The zero-order valence-electron chi connectivity index (χ0n) is 9.39. The number of nitro groups is 1. The van der Waals surface area contributed by atoms with E-state index in [2.05, 4.69) is 4.98 Å². The number of likely N-dealkylation sites (N-methyl/N-ethyl adjacent to an activating group) is 1. The molecular weight excluding hydrogens is 244 g/mol. The molecule has 1 aromatic heterocycles. The predicted molar refractivity (Wildman–Crippen MR) is 64.9 cm³/mol. The summed E-state index contributed by atoms with van der Waals surface area (Å²) in [6.45, 7) is 2.34. The zero-order valence-corrected chi connectivity index (χ0v) is 10.1. The van der Waals surface area contributed by atoms with Gasteiger partial charge in [-0.2, -0.15) is 0 Å². The maximum atomic E-state index is 10.3. The summed E-state index contributed by atoms with van der Waals surface area (Å²) >= 11 is 5.66. The maximum Gasteiger partial charge on any atom is 0.259 e. The minimum atomic E-state index is -0.509. The molecule has 92 valence electrons. The van der Waals surface area contributed by atoms with Crippen molar-refractivity contribution in [3.05, 3.63) is 39.2 Å². The van der Waals surface area contributed by atoms with Crippen LogP contribution in [0.5, 0.6) is 0 Å². The Labute approximate surface area is 104 Å². The Hall–Kier alpha value is -1.69. The Kier molecular flexibility index (Phi) is 4.84. The monoisotopic (exact) mass is 256 g/mol. The first-order chi connectivity index (χ1) is 8.02. The van der Waals surface area contributed by atoms with E-state index in [1.807, 2.05) is 6.92 Å². The number of aromatic nitrogens is 1. The lowest BCUT2D eigenvalue weighted by Crippen LogP contribution is -2.34. The van der Waals surface area contributed by atoms with E-state index in [9.17, 15) is 10.1 Å². The Morgan fingerprint density at radius 2 is 2.35 bits per heavy atom. The third-order valence-corrected chi connectivity index (χ3v) is 2.43. The summed E-state index contributed by atoms with van der Waals surface area (Å²) in [6, 6.07) is 3.44. The second kappa shape index (κ2) is 6.15. The molecule has 1 N–H and O–H groups in total. The Morgan fingerprint density at radius 1 is 1.65 bits per heavy atom. The third kappa shape index (κ3) is 4.36. The topological polar surface area (TPSA) is 83.1 Å². The number of hydrogen-bond acceptors (Lipinski definition) is 4. The molecule has 0 bridgehead atoms. The molecule has 0 spiro atoms. The van der Waals surface area contributed by atoms with Crippen LogP contribution in [0, 0.1) is 15.5 Å². The van der Waals surface area contributed by atoms with Gasteiger partial charge in [-0.3, -0.25) is 15.5 Å². The Balaban J connectivity index is 2.66. The fourth-order valence-electron chi connectivity index (χ4n) is 1.34. The summed E-state index contributed by atoms with van der Waals surface area (Å²) in [5.41, 5.74) is 0.865. The van der Waals surface area contributed by atoms with Gasteiger partial charge in [0.05, 0.1) is 0 Å². The van der Waals surface area contributed by atoms with Crippen molar-refractivity contribution in [2.75, 3.05) is 13.1 Å². The minimum Gasteiger partial charge on any atom is -0.351 e. The van der Waals surface area contributed by atoms with Crippen LogP contribution < -0.4 is 0 Å². The molecule has 6 nitrogen and oxygen atoms in total. The summed E-state index contributed by atoms with van der Waals surface area (Å²) in [6.07, 6.45) is 1.60. The van der Waals surface area contributed by atoms with Crippen molar-refractivity contribution in [2.24, 2.45) is 0 Å². The largest absolute Gasteiger partial charge is 0.351 e. The third-order valence-electron chi connectivity index (χ3n) is 2.20. The SMILES string of the molecule is CCN(Cc1ccc(Cl)nc1)C(=N)C[N+](=O)[O-]. The molecule has 0 aliphatic carbocycles. The van der Waals surface area contributed by atoms with E-state index in [0.717, 1.165) is 5.56 Å². The van der Waals surface area contributed by atoms with E-state index in [1.54, 1.807) is 23.2 Å². The molecule has 0 aromatic carbocycles. The van der Waals surface area contributed by atoms with Crippen LogP contribution in [0.15, 0.2) is 18.3 Å². The van der Waals surface area contributed by atoms with Crippen molar-refractivity contribution in [1.82, 2.24) is 9.88 Å². The number of nitrogens with one attached hydrogen (secondary N) is 1. The van der Waals surface area contributed by atoms with Gasteiger partial charge in [-0.25, -0.2) is 4.98 Å². The van der Waals surface area contributed by atoms with Gasteiger partial charge in [0.25, 0.3) is 6.54 Å². The van der Waals surface area contributed by atoms with Crippen molar-refractivity contribution in [3.63, 3.8) is 0 Å². The lowest BCUT2D eigenvalue weighted by atomic mass is 10.2. The smallest absolute Gasteiger partial charge is 0.259 e. The quantitative estimate of drug-likeness (QED) is 0.286. The zero-order chi connectivity index (χ0) is 12.8. The second-order valence-electron chi connectivity index (χ2n) is 3.44. The van der Waals surface area contributed by atoms with Gasteiger partial charge in [-0.15, -0.1) is 0 Å². The second-order valence-corrected chi connectivity index (χ2v) is 3.83. The summed E-state index contributed by atoms with van der Waals surface area (Å²) < 4.78 is 0. The molecule has 0 unspecified atom stereocenters. The van der Waals surface area contributed by atoms with Gasteiger partial charge in [-0.1, -0.05) is 17.7 Å². The van der Waals surface area contributed by atoms with E-state index >= 15 is 0 Å². The number of pyridine rings is 1. The molecule has 0 atom stereocenters. The van der Waals surface area contributed by atoms with Crippen molar-refractivity contribution in [1.29, 1.82) is 5.41 Å². The van der Waals surface area contributed by atoms with E-state index < -0.39 is 11.5 Å². The van der Waals surface area contributed by atoms with Crippen molar-refractivity contribution in [2.45, 2.75) is 13.5 Å². The van der Waals surface area contributed by atoms with Gasteiger partial charge in [0, 0.05) is 24.2 Å². The van der Waals surface area contributed by atoms with E-state index in [0.29, 0.717) is 18.2 Å². The molecule has 0 amide bonds. The first-order valence-electron chi connectivity index (χ1n) is 5.07. The molecule has 0 saturated carbocycles. The van der Waals surface area contributed by atoms with Crippen LogP contribution in [-0.4, -0.2) is 33.7 Å². The number of amidine groups is 1. The molecule has 1 rings (SSSR count). The van der Waals surface area contributed by atoms with Crippen LogP contribution >= 0.6 is 11.6 Å². The highest BCUT2D eigenvalue weighted by Crippen LogP contribution is 2.08. The van der Waals surface area contributed by atoms with Crippen LogP contribution in [0.4, 0.5) is 0 Å². The number of nitrogens with zero attached hydrogens (tertiary/aromatic N) is 3. The average molecular weight is 257 g/mol. The van der Waals surface area contributed by atoms with Gasteiger partial charge < -0.3 is 4.90 Å². The molecule has 7 heteroatoms. The molecule has 0 aliphatic rings. The molecule has 0 fully saturated rings. The van der Waals surface area contributed by atoms with Crippen LogP contribution in [0.2, 0.25) is 5.15 Å². The normalized spacial score (nSPS) is 10.0. The molecule has 0 radical (unpaired) electrons. The van der Waals surface area contributed by atoms with Crippen molar-refractivity contribution < 1.29 is 4.92 Å². The summed E-state index contributed by atoms with van der Waals surface area (Å²) in [7, 11) is 0. The minimum absolute atomic E-state index is 0.00699. The summed E-state index contributed by atoms with van der Waals surface area (Å²) in [5, 5.41) is 18.3. The van der Waals surface area contributed by atoms with Crippen LogP contribution in [0.25, 0.3) is 0 Å². The Bertz CT molecular complexity index is 407. The fourth-order valence-corrected chi connectivity index (χ4v) is 1.45. The molecule has 17 heavy (non-hydrogen) atoms. The van der Waals surface area contributed by atoms with Gasteiger partial charge in [0.2, 0.25) is 0 Å². The molecule has 0 saturated heterocycles. The van der Waals surface area contributed by atoms with Crippen LogP contribution in [0.3, 0.4) is 0 Å². The first-order valence-corrected chi connectivity index (χ1v) is 5.45. The number of halogens is 1. The Morgan fingerprint density at radius 3 is 2.82 bits per heavy atom. The highest BCUT2D eigenvalue weighted by molar-refractivity contribution is 6.29. The van der Waals surface area contributed by atoms with E-state index in [-0.39, 0.29) is 5.84 Å². The summed E-state index contributed by atoms with van der Waals surface area (Å²) in [4.78, 5) is 15.4. The van der Waals surface area contributed by atoms with Crippen molar-refractivity contribution in [3.8, 4) is 0 Å². The van der Waals surface area contributed by atoms with Gasteiger partial charge in [0.15, 0.2) is 5.84 Å². The summed E-state index contributed by atoms with van der Waals surface area (Å²) in [5.74, 6) is -0.00699. The highest BCUT2D eigenvalue weighted by Gasteiger charge is 2.13. The molecule has 1 aromatic rings. The average Bonchev–Trinajstić information content (AvgIpc) is 2.27. The van der Waals surface area contributed by atoms with Crippen LogP contribution in [-0.2, 0) is 6.54 Å². The maximum absolute atomic E-state index is 10.3. The van der Waals surface area contributed by atoms with Crippen molar-refractivity contribution >= 4 is 17.4 Å². The van der Waals surface area contributed by atoms with E-state index in [1.165, 1.54) is 0 Å². The predicted octanol–water partition coefficient (Wildman–Crippen LogP) is 1.81. The lowest BCUT2D eigenvalue weighted by Gasteiger charge is -2.21. The fraction of sp³-hybridized carbons (Fsp3) is 0.400. The van der Waals surface area contributed by atoms with Gasteiger partial charge in [-0.05, 0) is 18.6 Å².